The van der Waals surface area contributed by atoms with Gasteiger partial charge in [-0.25, -0.2) is 0 Å². The van der Waals surface area contributed by atoms with Crippen LogP contribution in [-0.4, -0.2) is 78.0 Å². The molecule has 3 amide bonds. The predicted octanol–water partition coefficient (Wildman–Crippen LogP) is 2.58. The van der Waals surface area contributed by atoms with E-state index in [1.165, 1.54) is 0 Å². The van der Waals surface area contributed by atoms with E-state index in [9.17, 15) is 14.4 Å². The molecule has 3 saturated heterocycles. The van der Waals surface area contributed by atoms with Crippen LogP contribution in [0, 0.1) is 0 Å². The summed E-state index contributed by atoms with van der Waals surface area (Å²) in [5.41, 5.74) is 2.53. The van der Waals surface area contributed by atoms with Crippen molar-refractivity contribution in [1.29, 1.82) is 0 Å². The molecule has 0 aromatic heterocycles. The fourth-order valence-corrected chi connectivity index (χ4v) is 7.04. The van der Waals surface area contributed by atoms with Crippen molar-refractivity contribution >= 4 is 29.3 Å². The topological polar surface area (TPSA) is 91.0 Å². The van der Waals surface area contributed by atoms with Crippen LogP contribution >= 0.6 is 11.6 Å². The minimum Gasteiger partial charge on any atom is -0.375 e. The predicted molar refractivity (Wildman–Crippen MR) is 135 cm³/mol. The first-order valence-corrected chi connectivity index (χ1v) is 13.9. The quantitative estimate of drug-likeness (QED) is 0.587. The van der Waals surface area contributed by atoms with Gasteiger partial charge in [0.2, 0.25) is 11.8 Å². The molecule has 4 fully saturated rings. The van der Waals surface area contributed by atoms with Gasteiger partial charge < -0.3 is 19.9 Å². The molecule has 1 aromatic rings. The summed E-state index contributed by atoms with van der Waals surface area (Å²) in [4.78, 5) is 41.1. The minimum atomic E-state index is -0.615. The van der Waals surface area contributed by atoms with Crippen LogP contribution in [0.2, 0.25) is 5.02 Å². The van der Waals surface area contributed by atoms with Crippen molar-refractivity contribution in [1.82, 2.24) is 20.4 Å². The number of nitrogens with one attached hydrogen (secondary N) is 2. The third-order valence-corrected chi connectivity index (χ3v) is 9.35. The van der Waals surface area contributed by atoms with Crippen LogP contribution in [0.4, 0.5) is 0 Å². The summed E-state index contributed by atoms with van der Waals surface area (Å²) in [5.74, 6) is -0.469. The van der Waals surface area contributed by atoms with E-state index in [2.05, 4.69) is 15.5 Å². The van der Waals surface area contributed by atoms with E-state index < -0.39 is 11.9 Å². The number of carbonyl (C=O) groups is 3. The summed E-state index contributed by atoms with van der Waals surface area (Å²) in [6.07, 6.45) is 8.13. The number of fused-ring (bicyclic) bond motifs is 1. The third-order valence-electron chi connectivity index (χ3n) is 8.91. The van der Waals surface area contributed by atoms with Gasteiger partial charge in [-0.1, -0.05) is 17.7 Å². The highest BCUT2D eigenvalue weighted by Gasteiger charge is 2.41. The maximum absolute atomic E-state index is 13.1. The van der Waals surface area contributed by atoms with Crippen molar-refractivity contribution in [3.8, 4) is 0 Å². The molecule has 2 N–H and O–H groups in total. The first-order chi connectivity index (χ1) is 17.5. The Morgan fingerprint density at radius 1 is 0.944 bits per heavy atom. The van der Waals surface area contributed by atoms with Crippen LogP contribution in [-0.2, 0) is 20.9 Å². The van der Waals surface area contributed by atoms with Crippen molar-refractivity contribution in [2.24, 2.45) is 0 Å². The average Bonchev–Trinajstić information content (AvgIpc) is 3.19. The Morgan fingerprint density at radius 2 is 1.69 bits per heavy atom. The highest BCUT2D eigenvalue weighted by Crippen LogP contribution is 2.41. The highest BCUT2D eigenvalue weighted by atomic mass is 35.5. The average molecular weight is 515 g/mol. The van der Waals surface area contributed by atoms with Crippen LogP contribution < -0.4 is 10.6 Å². The number of hydrogen-bond donors (Lipinski definition) is 2. The largest absolute Gasteiger partial charge is 0.375 e. The van der Waals surface area contributed by atoms with Gasteiger partial charge in [-0.2, -0.15) is 0 Å². The van der Waals surface area contributed by atoms with Gasteiger partial charge in [0.25, 0.3) is 5.91 Å². The van der Waals surface area contributed by atoms with E-state index in [-0.39, 0.29) is 18.2 Å². The van der Waals surface area contributed by atoms with Gasteiger partial charge in [-0.05, 0) is 88.7 Å². The molecule has 6 rings (SSSR count). The number of carbonyl (C=O) groups excluding carboxylic acids is 3. The summed E-state index contributed by atoms with van der Waals surface area (Å²) in [6.45, 7) is 4.59. The van der Waals surface area contributed by atoms with Gasteiger partial charge in [0.1, 0.15) is 6.04 Å². The van der Waals surface area contributed by atoms with Crippen LogP contribution in [0.3, 0.4) is 0 Å². The first-order valence-electron chi connectivity index (χ1n) is 13.5. The van der Waals surface area contributed by atoms with Crippen LogP contribution in [0.5, 0.6) is 0 Å². The molecule has 5 aliphatic rings. The number of nitrogens with zero attached hydrogens (tertiary/aromatic N) is 2. The molecular formula is C27H35ClN4O4. The van der Waals surface area contributed by atoms with Gasteiger partial charge in [-0.3, -0.25) is 19.7 Å². The number of piperidine rings is 3. The highest BCUT2D eigenvalue weighted by molar-refractivity contribution is 6.33. The van der Waals surface area contributed by atoms with Crippen molar-refractivity contribution in [2.45, 2.75) is 88.1 Å². The van der Waals surface area contributed by atoms with E-state index in [0.29, 0.717) is 47.7 Å². The second-order valence-corrected chi connectivity index (χ2v) is 11.4. The fourth-order valence-electron chi connectivity index (χ4n) is 6.66. The maximum Gasteiger partial charge on any atom is 0.255 e. The maximum atomic E-state index is 13.1. The molecular weight excluding hydrogens is 480 g/mol. The Balaban J connectivity index is 1.04. The van der Waals surface area contributed by atoms with Gasteiger partial charge in [0.15, 0.2) is 0 Å². The number of amides is 3. The molecule has 4 aliphatic heterocycles. The normalized spacial score (nSPS) is 30.3. The zero-order valence-corrected chi connectivity index (χ0v) is 21.4. The number of benzene rings is 1. The van der Waals surface area contributed by atoms with Crippen LogP contribution in [0.25, 0.3) is 0 Å². The van der Waals surface area contributed by atoms with Gasteiger partial charge in [0.05, 0.1) is 12.2 Å². The smallest absolute Gasteiger partial charge is 0.255 e. The summed E-state index contributed by atoms with van der Waals surface area (Å²) < 4.78 is 6.31. The van der Waals surface area contributed by atoms with Crippen LogP contribution in [0.15, 0.2) is 12.1 Å². The molecule has 0 radical (unpaired) electrons. The van der Waals surface area contributed by atoms with Gasteiger partial charge >= 0.3 is 0 Å². The summed E-state index contributed by atoms with van der Waals surface area (Å²) in [5, 5.41) is 6.43. The standard InChI is InChI=1S/C27H35ClN4O4/c28-25-20(1-2-21-22(25)15-32(27(21)35)23-3-4-24(33)30-26(23)34)16-7-11-31(12-8-16)17-13-19(14-17)36-18-5-9-29-10-6-18/h1-2,16-19,23,29H,3-15H2,(H,30,33,34)/t17-,19-,23?. The van der Waals surface area contributed by atoms with Crippen molar-refractivity contribution in [3.63, 3.8) is 0 Å². The third kappa shape index (κ3) is 4.57. The SMILES string of the molecule is O=C1CCC(N2Cc3c(ccc(C4CCN([C@H]5C[C@H](OC6CCNCC6)C5)CC4)c3Cl)C2=O)C(=O)N1. The number of rotatable bonds is 5. The molecule has 9 heteroatoms. The zero-order valence-electron chi connectivity index (χ0n) is 20.6. The Kier molecular flexibility index (Phi) is 6.79. The Hall–Kier alpha value is -2.00. The fraction of sp³-hybridized carbons (Fsp3) is 0.667. The number of imide groups is 1. The molecule has 1 aliphatic carbocycles. The number of ether oxygens (including phenoxy) is 1. The van der Waals surface area contributed by atoms with Gasteiger partial charge in [0, 0.05) is 35.2 Å². The lowest BCUT2D eigenvalue weighted by atomic mass is 9.83. The van der Waals surface area contributed by atoms with Gasteiger partial charge in [-0.15, -0.1) is 0 Å². The second kappa shape index (κ2) is 10.0. The molecule has 1 unspecified atom stereocenters. The number of halogens is 1. The molecule has 1 atom stereocenters. The summed E-state index contributed by atoms with van der Waals surface area (Å²) >= 11 is 6.90. The summed E-state index contributed by atoms with van der Waals surface area (Å²) in [6, 6.07) is 3.91. The Morgan fingerprint density at radius 3 is 2.42 bits per heavy atom. The number of likely N-dealkylation sites (tertiary alicyclic amines) is 1. The van der Waals surface area contributed by atoms with Crippen LogP contribution in [0.1, 0.15) is 78.8 Å². The molecule has 36 heavy (non-hydrogen) atoms. The Bertz CT molecular complexity index is 1040. The molecule has 0 bridgehead atoms. The lowest BCUT2D eigenvalue weighted by molar-refractivity contribution is -0.136. The number of hydrogen-bond acceptors (Lipinski definition) is 6. The van der Waals surface area contributed by atoms with Crippen molar-refractivity contribution < 1.29 is 19.1 Å². The first kappa shape index (κ1) is 24.3. The van der Waals surface area contributed by atoms with Crippen molar-refractivity contribution in [2.75, 3.05) is 26.2 Å². The zero-order chi connectivity index (χ0) is 24.8. The monoisotopic (exact) mass is 514 g/mol. The lowest BCUT2D eigenvalue weighted by Crippen LogP contribution is -2.52. The molecule has 0 spiro atoms. The van der Waals surface area contributed by atoms with E-state index in [1.807, 2.05) is 12.1 Å². The van der Waals surface area contributed by atoms with Crippen molar-refractivity contribution in [3.05, 3.63) is 33.8 Å². The molecule has 1 saturated carbocycles. The minimum absolute atomic E-state index is 0.172. The molecule has 1 aromatic carbocycles. The molecule has 4 heterocycles. The van der Waals surface area contributed by atoms with E-state index >= 15 is 0 Å². The molecule has 194 valence electrons. The summed E-state index contributed by atoms with van der Waals surface area (Å²) in [7, 11) is 0. The second-order valence-electron chi connectivity index (χ2n) is 11.0. The Labute approximate surface area is 217 Å². The lowest BCUT2D eigenvalue weighted by Gasteiger charge is -2.46. The molecule has 8 nitrogen and oxygen atoms in total. The van der Waals surface area contributed by atoms with E-state index in [1.54, 1.807) is 4.90 Å². The van der Waals surface area contributed by atoms with E-state index in [4.69, 9.17) is 16.3 Å². The van der Waals surface area contributed by atoms with E-state index in [0.717, 1.165) is 75.8 Å².